The molecule has 4 aliphatic heterocycles. The van der Waals surface area contributed by atoms with Crippen molar-refractivity contribution in [1.82, 2.24) is 40.0 Å². The highest BCUT2D eigenvalue weighted by Crippen LogP contribution is 2.24. The highest BCUT2D eigenvalue weighted by atomic mass is 16.5. The lowest BCUT2D eigenvalue weighted by Gasteiger charge is -2.37. The summed E-state index contributed by atoms with van der Waals surface area (Å²) in [6.07, 6.45) is 8.86. The van der Waals surface area contributed by atoms with Gasteiger partial charge in [0.2, 0.25) is 11.8 Å². The SMILES string of the molecule is CCN(CC)C(=O)[C@H]1CCCN(Cc2ccc(C(=O)CNCCN3CCC(OC4CCN(CCNCC(=O)c5ccc(CN6CCC[C@H](C(=O)N(CC)CC)C6)cc5)CC4)CC3)cc2)C1. The molecule has 2 aromatic carbocycles. The number of Topliss-reactive ketones (excluding diaryl/α,β-unsaturated/α-hetero) is 2. The topological polar surface area (TPSA) is 121 Å². The van der Waals surface area contributed by atoms with Gasteiger partial charge in [0, 0.05) is 116 Å². The Morgan fingerprint density at radius 1 is 0.523 bits per heavy atom. The standard InChI is InChI=1S/C52H82N8O5/c1-5-59(6-2)51(63)45-11-9-27-57(39-45)37-41-13-17-43(18-14-41)49(61)35-53-25-33-55-29-21-47(22-30-55)65-48-23-31-56(32-24-48)34-26-54-36-50(62)44-19-15-42(16-20-44)38-58-28-10-12-46(40-58)52(64)60(7-3)8-4/h13-20,45-48,53-54H,5-12,21-40H2,1-4H3/t45-,46-/m0/s1. The fraction of sp³-hybridized carbons (Fsp3) is 0.692. The lowest BCUT2D eigenvalue weighted by molar-refractivity contribution is -0.137. The Hall–Kier alpha value is -3.56. The van der Waals surface area contributed by atoms with Crippen molar-refractivity contribution in [3.05, 3.63) is 70.8 Å². The summed E-state index contributed by atoms with van der Waals surface area (Å²) in [5, 5.41) is 6.75. The zero-order valence-electron chi connectivity index (χ0n) is 40.5. The second-order valence-electron chi connectivity index (χ2n) is 19.0. The van der Waals surface area contributed by atoms with Gasteiger partial charge >= 0.3 is 0 Å². The minimum atomic E-state index is 0.0809. The van der Waals surface area contributed by atoms with Crippen molar-refractivity contribution in [1.29, 1.82) is 0 Å². The average Bonchev–Trinajstić information content (AvgIpc) is 3.34. The summed E-state index contributed by atoms with van der Waals surface area (Å²) in [4.78, 5) is 65.4. The number of hydrogen-bond acceptors (Lipinski definition) is 11. The molecular formula is C52H82N8O5. The Kier molecular flexibility index (Phi) is 20.9. The van der Waals surface area contributed by atoms with Gasteiger partial charge in [0.05, 0.1) is 37.1 Å². The van der Waals surface area contributed by atoms with Gasteiger partial charge in [0.1, 0.15) is 0 Å². The molecule has 0 spiro atoms. The molecule has 0 bridgehead atoms. The smallest absolute Gasteiger partial charge is 0.226 e. The Morgan fingerprint density at radius 3 is 1.25 bits per heavy atom. The van der Waals surface area contributed by atoms with Crippen LogP contribution in [-0.4, -0.2) is 183 Å². The van der Waals surface area contributed by atoms with Crippen LogP contribution in [0.25, 0.3) is 0 Å². The summed E-state index contributed by atoms with van der Waals surface area (Å²) in [6.45, 7) is 24.7. The van der Waals surface area contributed by atoms with Crippen molar-refractivity contribution in [2.24, 2.45) is 11.8 Å². The fourth-order valence-electron chi connectivity index (χ4n) is 10.4. The Morgan fingerprint density at radius 2 is 0.892 bits per heavy atom. The van der Waals surface area contributed by atoms with Crippen molar-refractivity contribution >= 4 is 23.4 Å². The molecule has 4 heterocycles. The molecule has 2 N–H and O–H groups in total. The summed E-state index contributed by atoms with van der Waals surface area (Å²) >= 11 is 0. The lowest BCUT2D eigenvalue weighted by Crippen LogP contribution is -2.44. The van der Waals surface area contributed by atoms with Crippen LogP contribution in [0.4, 0.5) is 0 Å². The van der Waals surface area contributed by atoms with Crippen LogP contribution < -0.4 is 10.6 Å². The molecule has 2 amide bonds. The number of nitrogens with one attached hydrogen (secondary N) is 2. The van der Waals surface area contributed by atoms with Crippen LogP contribution in [0.15, 0.2) is 48.5 Å². The number of likely N-dealkylation sites (tertiary alicyclic amines) is 4. The number of carbonyl (C=O) groups is 4. The highest BCUT2D eigenvalue weighted by Gasteiger charge is 2.30. The third kappa shape index (κ3) is 15.8. The van der Waals surface area contributed by atoms with Gasteiger partial charge in [-0.2, -0.15) is 0 Å². The minimum absolute atomic E-state index is 0.0809. The molecule has 4 saturated heterocycles. The largest absolute Gasteiger partial charge is 0.375 e. The fourth-order valence-corrected chi connectivity index (χ4v) is 10.4. The van der Waals surface area contributed by atoms with Crippen molar-refractivity contribution in [2.45, 2.75) is 104 Å². The van der Waals surface area contributed by atoms with Crippen LogP contribution >= 0.6 is 0 Å². The number of benzene rings is 2. The number of ketones is 2. The normalized spacial score (nSPS) is 21.0. The average molecular weight is 899 g/mol. The van der Waals surface area contributed by atoms with E-state index in [1.165, 1.54) is 11.1 Å². The van der Waals surface area contributed by atoms with Crippen molar-refractivity contribution in [2.75, 3.05) is 118 Å². The van der Waals surface area contributed by atoms with Gasteiger partial charge in [-0.15, -0.1) is 0 Å². The Bertz CT molecular complexity index is 1630. The van der Waals surface area contributed by atoms with Gasteiger partial charge in [0.15, 0.2) is 11.6 Å². The van der Waals surface area contributed by atoms with E-state index in [0.29, 0.717) is 25.3 Å². The van der Waals surface area contributed by atoms with Crippen LogP contribution in [0.1, 0.15) is 111 Å². The number of nitrogens with zero attached hydrogens (tertiary/aromatic N) is 6. The molecule has 13 heteroatoms. The van der Waals surface area contributed by atoms with E-state index in [2.05, 4.69) is 54.5 Å². The van der Waals surface area contributed by atoms with Gasteiger partial charge < -0.3 is 35.0 Å². The number of amides is 2. The first-order chi connectivity index (χ1) is 31.7. The van der Waals surface area contributed by atoms with E-state index in [0.717, 1.165) is 180 Å². The first-order valence-electron chi connectivity index (χ1n) is 25.4. The number of hydrogen-bond donors (Lipinski definition) is 2. The highest BCUT2D eigenvalue weighted by molar-refractivity contribution is 5.98. The van der Waals surface area contributed by atoms with Crippen LogP contribution in [-0.2, 0) is 27.4 Å². The first kappa shape index (κ1) is 50.8. The van der Waals surface area contributed by atoms with Crippen molar-refractivity contribution < 1.29 is 23.9 Å². The predicted octanol–water partition coefficient (Wildman–Crippen LogP) is 5.04. The molecule has 65 heavy (non-hydrogen) atoms. The molecule has 2 aromatic rings. The molecule has 4 aliphatic rings. The quantitative estimate of drug-likeness (QED) is 0.109. The number of piperidine rings is 4. The van der Waals surface area contributed by atoms with Gasteiger partial charge in [-0.25, -0.2) is 0 Å². The van der Waals surface area contributed by atoms with E-state index in [1.54, 1.807) is 0 Å². The van der Waals surface area contributed by atoms with E-state index >= 15 is 0 Å². The monoisotopic (exact) mass is 899 g/mol. The second kappa shape index (κ2) is 26.7. The van der Waals surface area contributed by atoms with Crippen molar-refractivity contribution in [3.63, 3.8) is 0 Å². The minimum Gasteiger partial charge on any atom is -0.375 e. The number of ether oxygens (including phenoxy) is 1. The summed E-state index contributed by atoms with van der Waals surface area (Å²) in [6, 6.07) is 16.1. The van der Waals surface area contributed by atoms with Crippen LogP contribution in [0.2, 0.25) is 0 Å². The van der Waals surface area contributed by atoms with E-state index in [9.17, 15) is 19.2 Å². The second-order valence-corrected chi connectivity index (χ2v) is 19.0. The Labute approximate surface area is 390 Å². The molecule has 0 aliphatic carbocycles. The van der Waals surface area contributed by atoms with Crippen LogP contribution in [0, 0.1) is 11.8 Å². The molecule has 13 nitrogen and oxygen atoms in total. The van der Waals surface area contributed by atoms with Crippen LogP contribution in [0.3, 0.4) is 0 Å². The van der Waals surface area contributed by atoms with E-state index in [1.807, 2.05) is 61.8 Å². The zero-order valence-corrected chi connectivity index (χ0v) is 40.5. The maximum absolute atomic E-state index is 12.9. The third-order valence-electron chi connectivity index (χ3n) is 14.5. The number of carbonyl (C=O) groups excluding carboxylic acids is 4. The van der Waals surface area contributed by atoms with Crippen LogP contribution in [0.5, 0.6) is 0 Å². The third-order valence-corrected chi connectivity index (χ3v) is 14.5. The summed E-state index contributed by atoms with van der Waals surface area (Å²) < 4.78 is 6.60. The Balaban J connectivity index is 0.772. The van der Waals surface area contributed by atoms with Gasteiger partial charge in [-0.05, 0) is 103 Å². The molecular weight excluding hydrogens is 817 g/mol. The molecule has 0 unspecified atom stereocenters. The number of rotatable bonds is 24. The summed E-state index contributed by atoms with van der Waals surface area (Å²) in [5.41, 5.74) is 3.85. The van der Waals surface area contributed by atoms with Gasteiger partial charge in [-0.3, -0.25) is 29.0 Å². The molecule has 6 rings (SSSR count). The predicted molar refractivity (Wildman–Crippen MR) is 259 cm³/mol. The molecule has 0 radical (unpaired) electrons. The molecule has 4 fully saturated rings. The summed E-state index contributed by atoms with van der Waals surface area (Å²) in [7, 11) is 0. The maximum Gasteiger partial charge on any atom is 0.226 e. The van der Waals surface area contributed by atoms with E-state index < -0.39 is 0 Å². The van der Waals surface area contributed by atoms with E-state index in [-0.39, 0.29) is 35.2 Å². The zero-order chi connectivity index (χ0) is 46.0. The van der Waals surface area contributed by atoms with E-state index in [4.69, 9.17) is 4.74 Å². The summed E-state index contributed by atoms with van der Waals surface area (Å²) in [5.74, 6) is 0.965. The molecule has 360 valence electrons. The van der Waals surface area contributed by atoms with Gasteiger partial charge in [0.25, 0.3) is 0 Å². The van der Waals surface area contributed by atoms with Crippen molar-refractivity contribution in [3.8, 4) is 0 Å². The lowest BCUT2D eigenvalue weighted by atomic mass is 9.96. The van der Waals surface area contributed by atoms with Gasteiger partial charge in [-0.1, -0.05) is 48.5 Å². The first-order valence-corrected chi connectivity index (χ1v) is 25.4. The molecule has 2 atom stereocenters. The molecule has 0 aromatic heterocycles. The molecule has 0 saturated carbocycles. The maximum atomic E-state index is 12.9.